The van der Waals surface area contributed by atoms with E-state index in [0.717, 1.165) is 25.7 Å². The topological polar surface area (TPSA) is 55.5 Å². The molecule has 106 valence electrons. The van der Waals surface area contributed by atoms with Crippen LogP contribution in [0.2, 0.25) is 0 Å². The smallest absolute Gasteiger partial charge is 0.0690 e. The van der Waals surface area contributed by atoms with Gasteiger partial charge in [0.15, 0.2) is 0 Å². The van der Waals surface area contributed by atoms with Gasteiger partial charge >= 0.3 is 0 Å². The van der Waals surface area contributed by atoms with Crippen LogP contribution in [-0.2, 0) is 4.74 Å². The molecule has 2 fully saturated rings. The molecule has 0 bridgehead atoms. The minimum Gasteiger partial charge on any atom is -0.390 e. The van der Waals surface area contributed by atoms with Crippen LogP contribution in [-0.4, -0.2) is 30.5 Å². The molecule has 1 atom stereocenters. The number of aliphatic hydroxyl groups is 1. The van der Waals surface area contributed by atoms with E-state index in [1.165, 1.54) is 32.1 Å². The van der Waals surface area contributed by atoms with Crippen molar-refractivity contribution >= 4 is 0 Å². The summed E-state index contributed by atoms with van der Waals surface area (Å²) in [5, 5.41) is 10.9. The Morgan fingerprint density at radius 1 is 1.17 bits per heavy atom. The van der Waals surface area contributed by atoms with Gasteiger partial charge in [-0.2, -0.15) is 0 Å². The molecule has 2 saturated carbocycles. The summed E-state index contributed by atoms with van der Waals surface area (Å²) in [5.74, 6) is 0.903. The molecule has 0 radical (unpaired) electrons. The predicted molar refractivity (Wildman–Crippen MR) is 73.3 cm³/mol. The first-order valence-corrected chi connectivity index (χ1v) is 7.65. The van der Waals surface area contributed by atoms with Crippen molar-refractivity contribution in [1.29, 1.82) is 0 Å². The van der Waals surface area contributed by atoms with Crippen molar-refractivity contribution in [1.82, 2.24) is 0 Å². The summed E-state index contributed by atoms with van der Waals surface area (Å²) in [6, 6.07) is 0. The monoisotopic (exact) mass is 255 g/mol. The fraction of sp³-hybridized carbons (Fsp3) is 1.00. The van der Waals surface area contributed by atoms with E-state index in [0.29, 0.717) is 24.5 Å². The highest BCUT2D eigenvalue weighted by atomic mass is 16.5. The molecule has 18 heavy (non-hydrogen) atoms. The summed E-state index contributed by atoms with van der Waals surface area (Å²) in [5.41, 5.74) is 5.52. The predicted octanol–water partition coefficient (Wildman–Crippen LogP) is 2.46. The van der Waals surface area contributed by atoms with E-state index >= 15 is 0 Å². The maximum absolute atomic E-state index is 10.9. The van der Waals surface area contributed by atoms with Crippen LogP contribution in [0.4, 0.5) is 0 Å². The van der Waals surface area contributed by atoms with E-state index < -0.39 is 5.60 Å². The zero-order valence-electron chi connectivity index (χ0n) is 11.7. The molecule has 0 aliphatic heterocycles. The van der Waals surface area contributed by atoms with E-state index in [9.17, 15) is 5.11 Å². The summed E-state index contributed by atoms with van der Waals surface area (Å²) in [4.78, 5) is 0. The van der Waals surface area contributed by atoms with Crippen molar-refractivity contribution < 1.29 is 9.84 Å². The van der Waals surface area contributed by atoms with Crippen LogP contribution in [0.5, 0.6) is 0 Å². The van der Waals surface area contributed by atoms with Gasteiger partial charge in [0.25, 0.3) is 0 Å². The standard InChI is InChI=1S/C15H29NO2/c1-18-13-7-5-12(6-8-13)14(11-16)15(17)9-3-2-4-10-15/h12-14,17H,2-11,16H2,1H3. The minimum absolute atomic E-state index is 0.301. The van der Waals surface area contributed by atoms with Crippen LogP contribution in [0.25, 0.3) is 0 Å². The molecule has 2 aliphatic carbocycles. The van der Waals surface area contributed by atoms with E-state index in [1.807, 2.05) is 0 Å². The van der Waals surface area contributed by atoms with Gasteiger partial charge in [0, 0.05) is 13.0 Å². The second-order valence-electron chi connectivity index (χ2n) is 6.28. The minimum atomic E-state index is -0.475. The van der Waals surface area contributed by atoms with Gasteiger partial charge < -0.3 is 15.6 Å². The SMILES string of the molecule is COC1CCC(C(CN)C2(O)CCCCC2)CC1. The number of ether oxygens (including phenoxy) is 1. The third-order valence-electron chi connectivity index (χ3n) is 5.28. The Morgan fingerprint density at radius 2 is 1.78 bits per heavy atom. The Hall–Kier alpha value is -0.120. The second-order valence-corrected chi connectivity index (χ2v) is 6.28. The number of rotatable bonds is 4. The fourth-order valence-corrected chi connectivity index (χ4v) is 4.11. The normalized spacial score (nSPS) is 34.2. The van der Waals surface area contributed by atoms with Gasteiger partial charge in [-0.3, -0.25) is 0 Å². The van der Waals surface area contributed by atoms with E-state index in [2.05, 4.69) is 0 Å². The third kappa shape index (κ3) is 3.06. The molecule has 0 aromatic heterocycles. The molecule has 2 rings (SSSR count). The molecule has 2 aliphatic rings. The lowest BCUT2D eigenvalue weighted by atomic mass is 9.66. The van der Waals surface area contributed by atoms with Crippen molar-refractivity contribution in [3.8, 4) is 0 Å². The molecule has 3 N–H and O–H groups in total. The lowest BCUT2D eigenvalue weighted by Gasteiger charge is -2.44. The summed E-state index contributed by atoms with van der Waals surface area (Å²) < 4.78 is 5.43. The van der Waals surface area contributed by atoms with Gasteiger partial charge in [-0.05, 0) is 51.0 Å². The van der Waals surface area contributed by atoms with Crippen molar-refractivity contribution in [2.24, 2.45) is 17.6 Å². The van der Waals surface area contributed by atoms with Gasteiger partial charge in [0.05, 0.1) is 11.7 Å². The fourth-order valence-electron chi connectivity index (χ4n) is 4.11. The van der Waals surface area contributed by atoms with Crippen LogP contribution in [0.15, 0.2) is 0 Å². The van der Waals surface area contributed by atoms with Crippen LogP contribution in [0.3, 0.4) is 0 Å². The molecular weight excluding hydrogens is 226 g/mol. The quantitative estimate of drug-likeness (QED) is 0.811. The maximum Gasteiger partial charge on any atom is 0.0690 e. The molecule has 3 heteroatoms. The molecule has 0 aromatic rings. The molecule has 0 amide bonds. The highest BCUT2D eigenvalue weighted by Crippen LogP contribution is 2.42. The average molecular weight is 255 g/mol. The van der Waals surface area contributed by atoms with Gasteiger partial charge in [-0.1, -0.05) is 19.3 Å². The lowest BCUT2D eigenvalue weighted by Crippen LogP contribution is -2.48. The van der Waals surface area contributed by atoms with E-state index in [4.69, 9.17) is 10.5 Å². The Bertz CT molecular complexity index is 243. The van der Waals surface area contributed by atoms with Gasteiger partial charge in [0.1, 0.15) is 0 Å². The number of hydrogen-bond acceptors (Lipinski definition) is 3. The molecular formula is C15H29NO2. The zero-order chi connectivity index (χ0) is 13.0. The van der Waals surface area contributed by atoms with E-state index in [-0.39, 0.29) is 0 Å². The van der Waals surface area contributed by atoms with Crippen molar-refractivity contribution in [3.05, 3.63) is 0 Å². The first-order chi connectivity index (χ1) is 8.69. The van der Waals surface area contributed by atoms with E-state index in [1.54, 1.807) is 7.11 Å². The molecule has 1 unspecified atom stereocenters. The molecule has 3 nitrogen and oxygen atoms in total. The van der Waals surface area contributed by atoms with Crippen LogP contribution < -0.4 is 5.73 Å². The zero-order valence-corrected chi connectivity index (χ0v) is 11.7. The Labute approximate surface area is 111 Å². The highest BCUT2D eigenvalue weighted by molar-refractivity contribution is 4.94. The van der Waals surface area contributed by atoms with Gasteiger partial charge in [-0.15, -0.1) is 0 Å². The summed E-state index contributed by atoms with van der Waals surface area (Å²) in [7, 11) is 1.81. The highest BCUT2D eigenvalue weighted by Gasteiger charge is 2.42. The molecule has 0 saturated heterocycles. The Balaban J connectivity index is 1.96. The maximum atomic E-state index is 10.9. The second kappa shape index (κ2) is 6.36. The molecule has 0 aromatic carbocycles. The largest absolute Gasteiger partial charge is 0.390 e. The summed E-state index contributed by atoms with van der Waals surface area (Å²) >= 11 is 0. The first kappa shape index (κ1) is 14.3. The number of hydrogen-bond donors (Lipinski definition) is 2. The van der Waals surface area contributed by atoms with Crippen LogP contribution in [0, 0.1) is 11.8 Å². The first-order valence-electron chi connectivity index (χ1n) is 7.65. The third-order valence-corrected chi connectivity index (χ3v) is 5.28. The summed E-state index contributed by atoms with van der Waals surface area (Å²) in [6.07, 6.45) is 10.6. The number of nitrogens with two attached hydrogens (primary N) is 1. The lowest BCUT2D eigenvalue weighted by molar-refractivity contribution is -0.0785. The molecule has 0 spiro atoms. The number of methoxy groups -OCH3 is 1. The average Bonchev–Trinajstić information content (AvgIpc) is 2.41. The Morgan fingerprint density at radius 3 is 2.28 bits per heavy atom. The van der Waals surface area contributed by atoms with Crippen molar-refractivity contribution in [2.75, 3.05) is 13.7 Å². The van der Waals surface area contributed by atoms with Crippen LogP contribution in [0.1, 0.15) is 57.8 Å². The van der Waals surface area contributed by atoms with Crippen LogP contribution >= 0.6 is 0 Å². The molecule has 0 heterocycles. The van der Waals surface area contributed by atoms with Gasteiger partial charge in [-0.25, -0.2) is 0 Å². The summed E-state index contributed by atoms with van der Waals surface area (Å²) in [6.45, 7) is 0.638. The van der Waals surface area contributed by atoms with Crippen molar-refractivity contribution in [2.45, 2.75) is 69.5 Å². The Kier molecular flexibility index (Phi) is 5.05. The van der Waals surface area contributed by atoms with Gasteiger partial charge in [0.2, 0.25) is 0 Å². The van der Waals surface area contributed by atoms with Crippen molar-refractivity contribution in [3.63, 3.8) is 0 Å².